The van der Waals surface area contributed by atoms with Gasteiger partial charge in [-0.15, -0.1) is 0 Å². The minimum absolute atomic E-state index is 0.0686. The van der Waals surface area contributed by atoms with Gasteiger partial charge in [-0.05, 0) is 29.8 Å². The largest absolute Gasteiger partial charge is 0.378 e. The van der Waals surface area contributed by atoms with Crippen LogP contribution < -0.4 is 15.6 Å². The van der Waals surface area contributed by atoms with Crippen molar-refractivity contribution in [2.75, 3.05) is 24.3 Å². The topological polar surface area (TPSA) is 73.8 Å². The summed E-state index contributed by atoms with van der Waals surface area (Å²) in [7, 11) is 3.86. The monoisotopic (exact) mass is 328 g/mol. The minimum atomic E-state index is -1.000. The number of carbonyl (C=O) groups excluding carboxylic acids is 2. The first-order valence-electron chi connectivity index (χ1n) is 7.13. The Morgan fingerprint density at radius 3 is 2.33 bits per heavy atom. The van der Waals surface area contributed by atoms with Crippen LogP contribution in [0.4, 0.5) is 15.8 Å². The molecule has 0 radical (unpaired) electrons. The summed E-state index contributed by atoms with van der Waals surface area (Å²) < 4.78 is 13.4. The molecule has 2 N–H and O–H groups in total. The van der Waals surface area contributed by atoms with Gasteiger partial charge in [-0.2, -0.15) is 5.10 Å². The van der Waals surface area contributed by atoms with E-state index in [0.29, 0.717) is 0 Å². The van der Waals surface area contributed by atoms with Gasteiger partial charge in [-0.25, -0.2) is 9.82 Å². The van der Waals surface area contributed by atoms with Crippen molar-refractivity contribution in [3.63, 3.8) is 0 Å². The maximum absolute atomic E-state index is 13.4. The van der Waals surface area contributed by atoms with Gasteiger partial charge in [0.15, 0.2) is 0 Å². The van der Waals surface area contributed by atoms with E-state index in [1.165, 1.54) is 24.4 Å². The first kappa shape index (κ1) is 17.1. The lowest BCUT2D eigenvalue weighted by molar-refractivity contribution is -0.136. The summed E-state index contributed by atoms with van der Waals surface area (Å²) in [6, 6.07) is 13.0. The molecule has 2 aromatic carbocycles. The highest BCUT2D eigenvalue weighted by atomic mass is 19.1. The molecule has 0 aromatic heterocycles. The van der Waals surface area contributed by atoms with Crippen molar-refractivity contribution in [1.29, 1.82) is 0 Å². The molecule has 0 heterocycles. The fourth-order valence-electron chi connectivity index (χ4n) is 1.82. The third-order valence-corrected chi connectivity index (χ3v) is 3.12. The van der Waals surface area contributed by atoms with Gasteiger partial charge in [-0.1, -0.05) is 24.3 Å². The zero-order valence-electron chi connectivity index (χ0n) is 13.3. The molecule has 0 fully saturated rings. The summed E-state index contributed by atoms with van der Waals surface area (Å²) in [4.78, 5) is 25.2. The van der Waals surface area contributed by atoms with Crippen LogP contribution in [0.25, 0.3) is 0 Å². The molecule has 0 saturated carbocycles. The number of anilines is 2. The molecule has 2 amide bonds. The molecule has 0 aliphatic rings. The SMILES string of the molecule is CN(C)c1ccc(/C=N\NC(=O)C(=O)Nc2ccccc2F)cc1. The van der Waals surface area contributed by atoms with Crippen molar-refractivity contribution in [3.8, 4) is 0 Å². The number of carbonyl (C=O) groups is 2. The number of rotatable bonds is 4. The number of hydrogen-bond acceptors (Lipinski definition) is 4. The number of nitrogens with one attached hydrogen (secondary N) is 2. The first-order valence-corrected chi connectivity index (χ1v) is 7.13. The molecule has 0 spiro atoms. The van der Waals surface area contributed by atoms with Crippen LogP contribution in [0.3, 0.4) is 0 Å². The molecule has 0 aliphatic heterocycles. The molecule has 0 bridgehead atoms. The Balaban J connectivity index is 1.90. The lowest BCUT2D eigenvalue weighted by Gasteiger charge is -2.11. The fraction of sp³-hybridized carbons (Fsp3) is 0.118. The number of halogens is 1. The van der Waals surface area contributed by atoms with Crippen molar-refractivity contribution < 1.29 is 14.0 Å². The molecular formula is C17H17FN4O2. The van der Waals surface area contributed by atoms with Gasteiger partial charge in [0.05, 0.1) is 11.9 Å². The quantitative estimate of drug-likeness (QED) is 0.512. The van der Waals surface area contributed by atoms with Gasteiger partial charge < -0.3 is 10.2 Å². The summed E-state index contributed by atoms with van der Waals surface area (Å²) in [6.07, 6.45) is 1.41. The second-order valence-corrected chi connectivity index (χ2v) is 5.12. The maximum Gasteiger partial charge on any atom is 0.329 e. The summed E-state index contributed by atoms with van der Waals surface area (Å²) in [6.45, 7) is 0. The predicted molar refractivity (Wildman–Crippen MR) is 91.5 cm³/mol. The van der Waals surface area contributed by atoms with Crippen LogP contribution in [-0.4, -0.2) is 32.1 Å². The van der Waals surface area contributed by atoms with Gasteiger partial charge in [0.25, 0.3) is 0 Å². The highest BCUT2D eigenvalue weighted by molar-refractivity contribution is 6.39. The Morgan fingerprint density at radius 1 is 1.04 bits per heavy atom. The third-order valence-electron chi connectivity index (χ3n) is 3.12. The van der Waals surface area contributed by atoms with Crippen LogP contribution in [0.15, 0.2) is 53.6 Å². The first-order chi connectivity index (χ1) is 11.5. The molecule has 0 atom stereocenters. The van der Waals surface area contributed by atoms with Gasteiger partial charge in [-0.3, -0.25) is 9.59 Å². The fourth-order valence-corrected chi connectivity index (χ4v) is 1.82. The Bertz CT molecular complexity index is 757. The van der Waals surface area contributed by atoms with E-state index in [2.05, 4.69) is 15.8 Å². The van der Waals surface area contributed by atoms with Crippen LogP contribution in [0.2, 0.25) is 0 Å². The number of amides is 2. The number of nitrogens with zero attached hydrogens (tertiary/aromatic N) is 2. The maximum atomic E-state index is 13.4. The van der Waals surface area contributed by atoms with Crippen molar-refractivity contribution in [2.45, 2.75) is 0 Å². The smallest absolute Gasteiger partial charge is 0.329 e. The van der Waals surface area contributed by atoms with E-state index in [-0.39, 0.29) is 5.69 Å². The van der Waals surface area contributed by atoms with Crippen LogP contribution >= 0.6 is 0 Å². The number of hydrogen-bond donors (Lipinski definition) is 2. The average Bonchev–Trinajstić information content (AvgIpc) is 2.57. The van der Waals surface area contributed by atoms with E-state index in [9.17, 15) is 14.0 Å². The van der Waals surface area contributed by atoms with E-state index < -0.39 is 17.6 Å². The Kier molecular flexibility index (Phi) is 5.62. The van der Waals surface area contributed by atoms with Gasteiger partial charge >= 0.3 is 11.8 Å². The van der Waals surface area contributed by atoms with E-state index >= 15 is 0 Å². The normalized spacial score (nSPS) is 10.5. The Labute approximate surface area is 139 Å². The zero-order chi connectivity index (χ0) is 17.5. The number of hydrazone groups is 1. The zero-order valence-corrected chi connectivity index (χ0v) is 13.3. The van der Waals surface area contributed by atoms with Gasteiger partial charge in [0, 0.05) is 19.8 Å². The molecule has 0 aliphatic carbocycles. The molecule has 2 aromatic rings. The lowest BCUT2D eigenvalue weighted by Crippen LogP contribution is -2.32. The van der Waals surface area contributed by atoms with Crippen LogP contribution in [0.1, 0.15) is 5.56 Å². The molecule has 7 heteroatoms. The molecule has 24 heavy (non-hydrogen) atoms. The van der Waals surface area contributed by atoms with Crippen LogP contribution in [-0.2, 0) is 9.59 Å². The Morgan fingerprint density at radius 2 is 1.71 bits per heavy atom. The van der Waals surface area contributed by atoms with Crippen molar-refractivity contribution in [3.05, 3.63) is 59.9 Å². The van der Waals surface area contributed by atoms with Crippen molar-refractivity contribution in [2.24, 2.45) is 5.10 Å². The van der Waals surface area contributed by atoms with Crippen LogP contribution in [0.5, 0.6) is 0 Å². The highest BCUT2D eigenvalue weighted by Gasteiger charge is 2.14. The number of benzene rings is 2. The predicted octanol–water partition coefficient (Wildman–Crippen LogP) is 1.98. The van der Waals surface area contributed by atoms with Crippen molar-refractivity contribution >= 4 is 29.4 Å². The summed E-state index contributed by atoms with van der Waals surface area (Å²) >= 11 is 0. The highest BCUT2D eigenvalue weighted by Crippen LogP contribution is 2.12. The summed E-state index contributed by atoms with van der Waals surface area (Å²) in [5, 5.41) is 5.88. The van der Waals surface area contributed by atoms with Gasteiger partial charge in [0.1, 0.15) is 5.82 Å². The van der Waals surface area contributed by atoms with E-state index in [0.717, 1.165) is 11.3 Å². The van der Waals surface area contributed by atoms with Gasteiger partial charge in [0.2, 0.25) is 0 Å². The minimum Gasteiger partial charge on any atom is -0.378 e. The molecule has 6 nitrogen and oxygen atoms in total. The molecule has 0 saturated heterocycles. The lowest BCUT2D eigenvalue weighted by atomic mass is 10.2. The second-order valence-electron chi connectivity index (χ2n) is 5.12. The number of para-hydroxylation sites is 1. The van der Waals surface area contributed by atoms with Crippen LogP contribution in [0, 0.1) is 5.82 Å². The van der Waals surface area contributed by atoms with Crippen molar-refractivity contribution in [1.82, 2.24) is 5.43 Å². The molecular weight excluding hydrogens is 311 g/mol. The summed E-state index contributed by atoms with van der Waals surface area (Å²) in [5.41, 5.74) is 3.81. The molecule has 2 rings (SSSR count). The third kappa shape index (κ3) is 4.64. The molecule has 124 valence electrons. The second kappa shape index (κ2) is 7.87. The van der Waals surface area contributed by atoms with E-state index in [4.69, 9.17) is 0 Å². The average molecular weight is 328 g/mol. The summed E-state index contributed by atoms with van der Waals surface area (Å²) in [5.74, 6) is -2.61. The standard InChI is InChI=1S/C17H17FN4O2/c1-22(2)13-9-7-12(8-10-13)11-19-21-17(24)16(23)20-15-6-4-3-5-14(15)18/h3-11H,1-2H3,(H,20,23)(H,21,24)/b19-11-. The molecule has 0 unspecified atom stereocenters. The van der Waals surface area contributed by atoms with E-state index in [1.807, 2.05) is 43.3 Å². The Hall–Kier alpha value is -3.22. The van der Waals surface area contributed by atoms with E-state index in [1.54, 1.807) is 6.07 Å².